The number of nitrogens with zero attached hydrogens (tertiary/aromatic N) is 4. The van der Waals surface area contributed by atoms with Crippen LogP contribution in [-0.2, 0) is 11.2 Å². The molecule has 2 aromatic carbocycles. The average molecular weight is 557 g/mol. The molecule has 1 fully saturated rings. The molecule has 1 saturated heterocycles. The Hall–Kier alpha value is -4.12. The molecule has 1 amide bonds. The number of rotatable bonds is 9. The van der Waals surface area contributed by atoms with Crippen molar-refractivity contribution in [2.45, 2.75) is 6.42 Å². The van der Waals surface area contributed by atoms with Gasteiger partial charge in [0.1, 0.15) is 0 Å². The van der Waals surface area contributed by atoms with Gasteiger partial charge in [-0.2, -0.15) is 0 Å². The van der Waals surface area contributed by atoms with Gasteiger partial charge in [0.2, 0.25) is 5.95 Å². The predicted octanol–water partition coefficient (Wildman–Crippen LogP) is 4.78. The molecule has 2 N–H and O–H groups in total. The van der Waals surface area contributed by atoms with Crippen LogP contribution in [-0.4, -0.2) is 78.5 Å². The molecular weight excluding hydrogens is 524 g/mol. The molecule has 40 heavy (non-hydrogen) atoms. The quantitative estimate of drug-likeness (QED) is 0.284. The smallest absolute Gasteiger partial charge is 0.337 e. The van der Waals surface area contributed by atoms with Crippen molar-refractivity contribution in [2.75, 3.05) is 57.5 Å². The van der Waals surface area contributed by atoms with Crippen molar-refractivity contribution in [3.8, 4) is 10.6 Å². The second-order valence-electron chi connectivity index (χ2n) is 9.68. The van der Waals surface area contributed by atoms with Crippen LogP contribution in [0.5, 0.6) is 0 Å². The number of anilines is 3. The average Bonchev–Trinajstić information content (AvgIpc) is 3.48. The van der Waals surface area contributed by atoms with Gasteiger partial charge in [0.25, 0.3) is 5.91 Å². The monoisotopic (exact) mass is 556 g/mol. The highest BCUT2D eigenvalue weighted by atomic mass is 32.1. The van der Waals surface area contributed by atoms with E-state index in [1.54, 1.807) is 36.5 Å². The lowest BCUT2D eigenvalue weighted by Gasteiger charge is -2.32. The molecule has 0 atom stereocenters. The van der Waals surface area contributed by atoms with Crippen LogP contribution in [0.4, 0.5) is 17.3 Å². The summed E-state index contributed by atoms with van der Waals surface area (Å²) in [5, 5.41) is 6.16. The Labute approximate surface area is 237 Å². The molecule has 0 radical (unpaired) electrons. The van der Waals surface area contributed by atoms with E-state index in [-0.39, 0.29) is 5.91 Å². The lowest BCUT2D eigenvalue weighted by molar-refractivity contribution is 0.0600. The normalized spacial score (nSPS) is 14.1. The van der Waals surface area contributed by atoms with Crippen molar-refractivity contribution in [3.05, 3.63) is 88.9 Å². The van der Waals surface area contributed by atoms with Gasteiger partial charge in [-0.25, -0.2) is 14.8 Å². The number of piperazine rings is 1. The summed E-state index contributed by atoms with van der Waals surface area (Å²) in [4.78, 5) is 40.0. The molecule has 4 aromatic rings. The predicted molar refractivity (Wildman–Crippen MR) is 158 cm³/mol. The Morgan fingerprint density at radius 2 is 1.77 bits per heavy atom. The second-order valence-corrected chi connectivity index (χ2v) is 10.8. The van der Waals surface area contributed by atoms with Crippen LogP contribution in [0.15, 0.2) is 72.9 Å². The van der Waals surface area contributed by atoms with Crippen molar-refractivity contribution in [2.24, 2.45) is 0 Å². The Kier molecular flexibility index (Phi) is 8.80. The van der Waals surface area contributed by atoms with E-state index >= 15 is 0 Å². The number of nitrogens with one attached hydrogen (secondary N) is 2. The molecule has 5 rings (SSSR count). The molecular formula is C30H32N6O3S. The van der Waals surface area contributed by atoms with Gasteiger partial charge in [0.15, 0.2) is 0 Å². The molecule has 206 valence electrons. The fourth-order valence-electron chi connectivity index (χ4n) is 4.48. The highest BCUT2D eigenvalue weighted by Crippen LogP contribution is 2.28. The zero-order chi connectivity index (χ0) is 27.9. The van der Waals surface area contributed by atoms with Crippen LogP contribution >= 0.6 is 11.3 Å². The minimum Gasteiger partial charge on any atom is -0.465 e. The first kappa shape index (κ1) is 27.4. The van der Waals surface area contributed by atoms with Gasteiger partial charge in [-0.15, -0.1) is 11.3 Å². The number of likely N-dealkylation sites (N-methyl/N-ethyl adjacent to an activating group) is 1. The molecule has 0 spiro atoms. The number of thiophene rings is 1. The molecule has 3 heterocycles. The highest BCUT2D eigenvalue weighted by molar-refractivity contribution is 7.17. The first-order valence-electron chi connectivity index (χ1n) is 13.2. The standard InChI is InChI=1S/C30H32N6O3S/c1-35-15-17-36(18-16-35)14-12-21-5-3-7-23(19-21)33-30-31-13-11-25(34-30)26-9-10-27(40-26)28(37)32-24-8-4-6-22(20-24)29(38)39-2/h3-11,13,19-20H,12,14-18H2,1-2H3,(H,32,37)(H,31,33,34). The summed E-state index contributed by atoms with van der Waals surface area (Å²) in [5.74, 6) is -0.230. The van der Waals surface area contributed by atoms with Crippen LogP contribution in [0.25, 0.3) is 10.6 Å². The van der Waals surface area contributed by atoms with Crippen LogP contribution in [0.1, 0.15) is 25.6 Å². The number of carbonyl (C=O) groups is 2. The fourth-order valence-corrected chi connectivity index (χ4v) is 5.35. The number of benzene rings is 2. The first-order valence-corrected chi connectivity index (χ1v) is 14.0. The van der Waals surface area contributed by atoms with Gasteiger partial charge >= 0.3 is 5.97 Å². The van der Waals surface area contributed by atoms with Crippen molar-refractivity contribution in [1.29, 1.82) is 0 Å². The van der Waals surface area contributed by atoms with Crippen molar-refractivity contribution in [3.63, 3.8) is 0 Å². The zero-order valence-corrected chi connectivity index (χ0v) is 23.4. The second kappa shape index (κ2) is 12.8. The van der Waals surface area contributed by atoms with Crippen molar-refractivity contribution < 1.29 is 14.3 Å². The van der Waals surface area contributed by atoms with Gasteiger partial charge in [0, 0.05) is 50.3 Å². The van der Waals surface area contributed by atoms with E-state index in [2.05, 4.69) is 55.6 Å². The maximum absolute atomic E-state index is 12.9. The number of amides is 1. The summed E-state index contributed by atoms with van der Waals surface area (Å²) < 4.78 is 4.75. The molecule has 0 saturated carbocycles. The van der Waals surface area contributed by atoms with E-state index in [9.17, 15) is 9.59 Å². The number of aromatic nitrogens is 2. The third-order valence-electron chi connectivity index (χ3n) is 6.78. The van der Waals surface area contributed by atoms with Gasteiger partial charge in [0.05, 0.1) is 28.1 Å². The summed E-state index contributed by atoms with van der Waals surface area (Å²) in [6, 6.07) is 20.5. The van der Waals surface area contributed by atoms with Gasteiger partial charge in [-0.3, -0.25) is 4.79 Å². The summed E-state index contributed by atoms with van der Waals surface area (Å²) in [6.07, 6.45) is 2.70. The van der Waals surface area contributed by atoms with Crippen molar-refractivity contribution >= 4 is 40.5 Å². The SMILES string of the molecule is COC(=O)c1cccc(NC(=O)c2ccc(-c3ccnc(Nc4cccc(CCN5CCN(C)CC5)c4)n3)s2)c1. The van der Waals surface area contributed by atoms with Gasteiger partial charge in [-0.05, 0) is 67.6 Å². The Morgan fingerprint density at radius 3 is 2.60 bits per heavy atom. The van der Waals surface area contributed by atoms with E-state index in [0.29, 0.717) is 22.1 Å². The number of carbonyl (C=O) groups excluding carboxylic acids is 2. The molecule has 1 aliphatic heterocycles. The molecule has 10 heteroatoms. The molecule has 0 aliphatic carbocycles. The Balaban J connectivity index is 1.21. The van der Waals surface area contributed by atoms with Crippen LogP contribution in [0.3, 0.4) is 0 Å². The zero-order valence-electron chi connectivity index (χ0n) is 22.6. The van der Waals surface area contributed by atoms with E-state index in [0.717, 1.165) is 55.4 Å². The summed E-state index contributed by atoms with van der Waals surface area (Å²) in [7, 11) is 3.50. The maximum Gasteiger partial charge on any atom is 0.337 e. The molecule has 0 unspecified atom stereocenters. The summed E-state index contributed by atoms with van der Waals surface area (Å²) in [6.45, 7) is 5.52. The van der Waals surface area contributed by atoms with E-state index in [1.807, 2.05) is 18.2 Å². The lowest BCUT2D eigenvalue weighted by atomic mass is 10.1. The number of ether oxygens (including phenoxy) is 1. The van der Waals surface area contributed by atoms with Gasteiger partial charge in [-0.1, -0.05) is 18.2 Å². The van der Waals surface area contributed by atoms with E-state index in [4.69, 9.17) is 4.74 Å². The lowest BCUT2D eigenvalue weighted by Crippen LogP contribution is -2.45. The first-order chi connectivity index (χ1) is 19.5. The molecule has 2 aromatic heterocycles. The fraction of sp³-hybridized carbons (Fsp3) is 0.267. The Bertz CT molecular complexity index is 1480. The third-order valence-corrected chi connectivity index (χ3v) is 7.88. The number of esters is 1. The number of methoxy groups -OCH3 is 1. The van der Waals surface area contributed by atoms with E-state index in [1.165, 1.54) is 24.0 Å². The van der Waals surface area contributed by atoms with Crippen LogP contribution in [0.2, 0.25) is 0 Å². The number of hydrogen-bond acceptors (Lipinski definition) is 9. The maximum atomic E-state index is 12.9. The largest absolute Gasteiger partial charge is 0.465 e. The highest BCUT2D eigenvalue weighted by Gasteiger charge is 2.15. The minimum absolute atomic E-state index is 0.265. The molecule has 9 nitrogen and oxygen atoms in total. The van der Waals surface area contributed by atoms with Crippen molar-refractivity contribution in [1.82, 2.24) is 19.8 Å². The summed E-state index contributed by atoms with van der Waals surface area (Å²) >= 11 is 1.34. The summed E-state index contributed by atoms with van der Waals surface area (Å²) in [5.41, 5.74) is 3.82. The molecule has 1 aliphatic rings. The van der Waals surface area contributed by atoms with E-state index < -0.39 is 5.97 Å². The minimum atomic E-state index is -0.458. The third kappa shape index (κ3) is 7.09. The van der Waals surface area contributed by atoms with Crippen LogP contribution in [0, 0.1) is 0 Å². The topological polar surface area (TPSA) is 99.7 Å². The van der Waals surface area contributed by atoms with Gasteiger partial charge < -0.3 is 25.2 Å². The molecule has 0 bridgehead atoms. The van der Waals surface area contributed by atoms with Crippen LogP contribution < -0.4 is 10.6 Å². The number of hydrogen-bond donors (Lipinski definition) is 2. The Morgan fingerprint density at radius 1 is 0.975 bits per heavy atom.